The molecule has 0 heterocycles. The maximum absolute atomic E-state index is 12.9. The summed E-state index contributed by atoms with van der Waals surface area (Å²) < 4.78 is 79.2. The molecule has 2 rings (SSSR count). The van der Waals surface area contributed by atoms with Gasteiger partial charge >= 0.3 is 16.3 Å². The van der Waals surface area contributed by atoms with Crippen LogP contribution in [0.4, 0.5) is 17.6 Å². The Morgan fingerprint density at radius 1 is 1.05 bits per heavy atom. The van der Waals surface area contributed by atoms with E-state index in [-0.39, 0.29) is 0 Å². The molecule has 0 aliphatic heterocycles. The van der Waals surface area contributed by atoms with Gasteiger partial charge in [-0.3, -0.25) is 0 Å². The monoisotopic (exact) mass is 354 g/mol. The van der Waals surface area contributed by atoms with Crippen molar-refractivity contribution in [1.82, 2.24) is 0 Å². The van der Waals surface area contributed by atoms with Crippen LogP contribution in [-0.4, -0.2) is 8.42 Å². The molecule has 2 aromatic carbocycles. The normalized spacial score (nSPS) is 12.2. The standard InChI is InChI=1S/C13H7ClF4O3S/c14-11-7-9(15)4-5-12(11)22(19,20)21-10-3-1-2-8(6-10)13(16,17)18/h1-7H. The molecular formula is C13H7ClF4O3S. The van der Waals surface area contributed by atoms with Crippen LogP contribution >= 0.6 is 11.6 Å². The molecule has 0 saturated heterocycles. The number of hydrogen-bond donors (Lipinski definition) is 0. The SMILES string of the molecule is O=S(=O)(Oc1cccc(C(F)(F)F)c1)c1ccc(F)cc1Cl. The summed E-state index contributed by atoms with van der Waals surface area (Å²) in [5.74, 6) is -1.29. The summed E-state index contributed by atoms with van der Waals surface area (Å²) in [6.07, 6.45) is -4.64. The highest BCUT2D eigenvalue weighted by Crippen LogP contribution is 2.32. The average molecular weight is 355 g/mol. The quantitative estimate of drug-likeness (QED) is 0.611. The Morgan fingerprint density at radius 2 is 1.73 bits per heavy atom. The third-order valence-corrected chi connectivity index (χ3v) is 4.26. The van der Waals surface area contributed by atoms with Gasteiger partial charge in [0.05, 0.1) is 10.6 Å². The first-order valence-corrected chi connectivity index (χ1v) is 7.45. The Bertz CT molecular complexity index is 803. The van der Waals surface area contributed by atoms with Gasteiger partial charge in [0.25, 0.3) is 0 Å². The lowest BCUT2D eigenvalue weighted by Crippen LogP contribution is -2.11. The van der Waals surface area contributed by atoms with Crippen LogP contribution in [-0.2, 0) is 16.3 Å². The van der Waals surface area contributed by atoms with E-state index in [1.54, 1.807) is 0 Å². The lowest BCUT2D eigenvalue weighted by Gasteiger charge is -2.11. The summed E-state index contributed by atoms with van der Waals surface area (Å²) in [4.78, 5) is -0.548. The van der Waals surface area contributed by atoms with Crippen molar-refractivity contribution in [3.05, 3.63) is 58.9 Å². The molecule has 0 N–H and O–H groups in total. The summed E-state index contributed by atoms with van der Waals surface area (Å²) in [5.41, 5.74) is -1.06. The first kappa shape index (κ1) is 16.6. The van der Waals surface area contributed by atoms with Crippen molar-refractivity contribution in [2.45, 2.75) is 11.1 Å². The molecular weight excluding hydrogens is 348 g/mol. The minimum Gasteiger partial charge on any atom is -0.379 e. The molecule has 0 aliphatic rings. The zero-order valence-corrected chi connectivity index (χ0v) is 12.1. The molecule has 0 amide bonds. The first-order valence-electron chi connectivity index (χ1n) is 5.66. The van der Waals surface area contributed by atoms with Crippen LogP contribution in [0.15, 0.2) is 47.4 Å². The highest BCUT2D eigenvalue weighted by Gasteiger charge is 2.31. The second-order valence-electron chi connectivity index (χ2n) is 4.14. The predicted octanol–water partition coefficient (Wildman–Crippen LogP) is 4.27. The zero-order chi connectivity index (χ0) is 16.5. The Balaban J connectivity index is 2.37. The summed E-state index contributed by atoms with van der Waals surface area (Å²) >= 11 is 5.60. The van der Waals surface area contributed by atoms with E-state index in [1.165, 1.54) is 0 Å². The molecule has 0 aliphatic carbocycles. The van der Waals surface area contributed by atoms with Crippen molar-refractivity contribution in [3.63, 3.8) is 0 Å². The minimum atomic E-state index is -4.64. The van der Waals surface area contributed by atoms with Crippen molar-refractivity contribution in [2.75, 3.05) is 0 Å². The van der Waals surface area contributed by atoms with Gasteiger partial charge in [0.2, 0.25) is 0 Å². The molecule has 0 saturated carbocycles. The Hall–Kier alpha value is -1.80. The molecule has 0 spiro atoms. The van der Waals surface area contributed by atoms with Gasteiger partial charge in [-0.15, -0.1) is 0 Å². The van der Waals surface area contributed by atoms with Gasteiger partial charge in [-0.25, -0.2) is 4.39 Å². The summed E-state index contributed by atoms with van der Waals surface area (Å²) in [7, 11) is -4.49. The van der Waals surface area contributed by atoms with Crippen LogP contribution in [0, 0.1) is 5.82 Å². The van der Waals surface area contributed by atoms with E-state index >= 15 is 0 Å². The number of benzene rings is 2. The highest BCUT2D eigenvalue weighted by molar-refractivity contribution is 7.87. The first-order chi connectivity index (χ1) is 10.1. The average Bonchev–Trinajstić information content (AvgIpc) is 2.36. The Labute approximate surface area is 128 Å². The summed E-state index contributed by atoms with van der Waals surface area (Å²) in [5, 5.41) is -0.438. The van der Waals surface area contributed by atoms with Crippen LogP contribution < -0.4 is 4.18 Å². The van der Waals surface area contributed by atoms with Crippen LogP contribution in [0.5, 0.6) is 5.75 Å². The predicted molar refractivity (Wildman–Crippen MR) is 70.7 cm³/mol. The molecule has 0 bridgehead atoms. The van der Waals surface area contributed by atoms with Crippen molar-refractivity contribution < 1.29 is 30.2 Å². The number of hydrogen-bond acceptors (Lipinski definition) is 3. The van der Waals surface area contributed by atoms with Gasteiger partial charge in [-0.05, 0) is 36.4 Å². The van der Waals surface area contributed by atoms with E-state index in [1.807, 2.05) is 0 Å². The maximum Gasteiger partial charge on any atom is 0.416 e. The van der Waals surface area contributed by atoms with Crippen molar-refractivity contribution >= 4 is 21.7 Å². The molecule has 0 fully saturated rings. The third kappa shape index (κ3) is 3.69. The smallest absolute Gasteiger partial charge is 0.379 e. The molecule has 2 aromatic rings. The Kier molecular flexibility index (Phi) is 4.35. The fourth-order valence-electron chi connectivity index (χ4n) is 1.57. The fourth-order valence-corrected chi connectivity index (χ4v) is 3.00. The van der Waals surface area contributed by atoms with E-state index in [2.05, 4.69) is 4.18 Å². The second-order valence-corrected chi connectivity index (χ2v) is 6.06. The third-order valence-electron chi connectivity index (χ3n) is 2.53. The number of alkyl halides is 3. The van der Waals surface area contributed by atoms with E-state index in [4.69, 9.17) is 11.6 Å². The molecule has 0 atom stereocenters. The molecule has 3 nitrogen and oxygen atoms in total. The van der Waals surface area contributed by atoms with Crippen LogP contribution in [0.3, 0.4) is 0 Å². The van der Waals surface area contributed by atoms with Crippen molar-refractivity contribution in [2.24, 2.45) is 0 Å². The highest BCUT2D eigenvalue weighted by atomic mass is 35.5. The summed E-state index contributed by atoms with van der Waals surface area (Å²) in [6.45, 7) is 0. The topological polar surface area (TPSA) is 43.4 Å². The number of rotatable bonds is 3. The zero-order valence-electron chi connectivity index (χ0n) is 10.6. The van der Waals surface area contributed by atoms with E-state index in [0.29, 0.717) is 6.07 Å². The molecule has 0 unspecified atom stereocenters. The lowest BCUT2D eigenvalue weighted by atomic mass is 10.2. The molecule has 9 heteroatoms. The summed E-state index contributed by atoms with van der Waals surface area (Å²) in [6, 6.07) is 5.81. The minimum absolute atomic E-state index is 0.438. The number of halogens is 5. The maximum atomic E-state index is 12.9. The molecule has 22 heavy (non-hydrogen) atoms. The van der Waals surface area contributed by atoms with Crippen molar-refractivity contribution in [3.8, 4) is 5.75 Å². The van der Waals surface area contributed by atoms with Crippen LogP contribution in [0.25, 0.3) is 0 Å². The lowest BCUT2D eigenvalue weighted by molar-refractivity contribution is -0.137. The van der Waals surface area contributed by atoms with Gasteiger partial charge in [-0.2, -0.15) is 21.6 Å². The van der Waals surface area contributed by atoms with Gasteiger partial charge in [0.15, 0.2) is 0 Å². The largest absolute Gasteiger partial charge is 0.416 e. The van der Waals surface area contributed by atoms with E-state index < -0.39 is 43.3 Å². The van der Waals surface area contributed by atoms with Crippen LogP contribution in [0.2, 0.25) is 5.02 Å². The van der Waals surface area contributed by atoms with Crippen molar-refractivity contribution in [1.29, 1.82) is 0 Å². The Morgan fingerprint density at radius 3 is 2.32 bits per heavy atom. The van der Waals surface area contributed by atoms with E-state index in [9.17, 15) is 26.0 Å². The van der Waals surface area contributed by atoms with Gasteiger partial charge in [-0.1, -0.05) is 17.7 Å². The van der Waals surface area contributed by atoms with Gasteiger partial charge in [0, 0.05) is 0 Å². The van der Waals surface area contributed by atoms with E-state index in [0.717, 1.165) is 36.4 Å². The fraction of sp³-hybridized carbons (Fsp3) is 0.0769. The molecule has 0 aromatic heterocycles. The van der Waals surface area contributed by atoms with Crippen LogP contribution in [0.1, 0.15) is 5.56 Å². The van der Waals surface area contributed by atoms with Gasteiger partial charge in [0.1, 0.15) is 16.5 Å². The molecule has 118 valence electrons. The second kappa shape index (κ2) is 5.77. The molecule has 0 radical (unpaired) electrons. The van der Waals surface area contributed by atoms with Gasteiger partial charge < -0.3 is 4.18 Å².